The van der Waals surface area contributed by atoms with Crippen molar-refractivity contribution in [3.05, 3.63) is 12.2 Å². The summed E-state index contributed by atoms with van der Waals surface area (Å²) < 4.78 is 55.1. The maximum atomic E-state index is 13.5. The minimum Gasteiger partial charge on any atom is -0.480 e. The molecule has 0 bridgehead atoms. The van der Waals surface area contributed by atoms with Crippen molar-refractivity contribution in [2.24, 2.45) is 0 Å². The van der Waals surface area contributed by atoms with Crippen LogP contribution in [0.2, 0.25) is 0 Å². The first-order valence-electron chi connectivity index (χ1n) is 21.4. The van der Waals surface area contributed by atoms with Crippen LogP contribution in [0, 0.1) is 0 Å². The molecule has 31 heteroatoms. The van der Waals surface area contributed by atoms with Crippen LogP contribution in [0.25, 0.3) is 0 Å². The summed E-state index contributed by atoms with van der Waals surface area (Å²) in [5, 5.41) is 79.1. The predicted molar refractivity (Wildman–Crippen MR) is 223 cm³/mol. The summed E-state index contributed by atoms with van der Waals surface area (Å²) >= 11 is 0. The number of amides is 5. The number of hydrogen-bond donors (Lipinski definition) is 14. The van der Waals surface area contributed by atoms with Crippen molar-refractivity contribution in [1.82, 2.24) is 20.9 Å². The van der Waals surface area contributed by atoms with Gasteiger partial charge in [0.1, 0.15) is 42.7 Å². The fourth-order valence-electron chi connectivity index (χ4n) is 6.68. The standard InChI is InChI=1S/C37H62N4O25P2/c42-24(4-2-1-3-11-41-26(44)5-6-27(41)45)38-10-13-62-15-14-61-12-7-25(43)39-20(18-63-36-32(50)30(48)28(46)22(65-36)8-16-67(55,56)57)34(52)40-21(35(53)54)19-64-37-33(51)31(49)29(47)23(66-37)9-17-68(58,59)60/h5-6,20-23,28-33,36-37,46-51H,1-4,7-19H2,(H,38,42)(H,39,43)(H,40,52)(H,53,54)(H2,55,56,57)(H2,58,59,60)/t20?,21?,22?,23?,28-,29?,30?,31?,32-,33?,36+,37?/m1/s1. The monoisotopic (exact) mass is 1020 g/mol. The molecular weight excluding hydrogens is 962 g/mol. The predicted octanol–water partition coefficient (Wildman–Crippen LogP) is -6.15. The maximum absolute atomic E-state index is 13.5. The second kappa shape index (κ2) is 28.4. The molecular formula is C37H62N4O25P2. The smallest absolute Gasteiger partial charge is 0.328 e. The SMILES string of the molecule is O=C(CCCCCN1C(=O)C=CC1=O)NCCOCCOCCC(=O)NC(CO[C@H]1OC(CCP(=O)(O)O)[C@@H](O)C(O)[C@H]1O)C(=O)NC(COC1OC(CCP(=O)(O)O)C(O)C(O)C1O)C(=O)O. The molecule has 29 nitrogen and oxygen atoms in total. The Morgan fingerprint density at radius 1 is 0.632 bits per heavy atom. The lowest BCUT2D eigenvalue weighted by atomic mass is 9.97. The normalized spacial score (nSPS) is 27.5. The van der Waals surface area contributed by atoms with Gasteiger partial charge in [0.25, 0.3) is 11.8 Å². The van der Waals surface area contributed by atoms with Gasteiger partial charge in [-0.05, 0) is 25.7 Å². The maximum Gasteiger partial charge on any atom is 0.328 e. The van der Waals surface area contributed by atoms with Crippen LogP contribution in [-0.4, -0.2) is 234 Å². The van der Waals surface area contributed by atoms with Crippen LogP contribution >= 0.6 is 15.2 Å². The van der Waals surface area contributed by atoms with Gasteiger partial charge in [-0.1, -0.05) is 6.42 Å². The van der Waals surface area contributed by atoms with Crippen molar-refractivity contribution < 1.29 is 122 Å². The quantitative estimate of drug-likeness (QED) is 0.0175. The molecule has 0 saturated carbocycles. The highest BCUT2D eigenvalue weighted by molar-refractivity contribution is 7.52. The van der Waals surface area contributed by atoms with E-state index in [4.69, 9.17) is 28.4 Å². The lowest BCUT2D eigenvalue weighted by Gasteiger charge is -2.41. The first kappa shape index (κ1) is 58.9. The number of ether oxygens (including phenoxy) is 6. The third kappa shape index (κ3) is 20.5. The zero-order chi connectivity index (χ0) is 50.8. The van der Waals surface area contributed by atoms with E-state index in [9.17, 15) is 93.2 Å². The average molecular weight is 1020 g/mol. The highest BCUT2D eigenvalue weighted by Gasteiger charge is 2.47. The van der Waals surface area contributed by atoms with Gasteiger partial charge in [0.05, 0.1) is 64.2 Å². The number of carboxylic acids is 1. The molecule has 0 aromatic carbocycles. The number of hydrogen-bond acceptors (Lipinski definition) is 20. The van der Waals surface area contributed by atoms with E-state index in [0.717, 1.165) is 4.90 Å². The molecule has 9 unspecified atom stereocenters. The Hall–Kier alpha value is -3.42. The van der Waals surface area contributed by atoms with Gasteiger partial charge in [-0.25, -0.2) is 4.79 Å². The van der Waals surface area contributed by atoms with Crippen LogP contribution < -0.4 is 16.0 Å². The van der Waals surface area contributed by atoms with Crippen molar-refractivity contribution in [3.63, 3.8) is 0 Å². The summed E-state index contributed by atoms with van der Waals surface area (Å²) in [6.07, 6.45) is -17.1. The zero-order valence-electron chi connectivity index (χ0n) is 36.6. The Morgan fingerprint density at radius 2 is 1.13 bits per heavy atom. The van der Waals surface area contributed by atoms with E-state index in [2.05, 4.69) is 16.0 Å². The Morgan fingerprint density at radius 3 is 1.63 bits per heavy atom. The minimum atomic E-state index is -4.62. The second-order valence-corrected chi connectivity index (χ2v) is 19.4. The number of aliphatic hydroxyl groups is 6. The fourth-order valence-corrected chi connectivity index (χ4v) is 7.86. The number of aliphatic carboxylic acids is 1. The van der Waals surface area contributed by atoms with E-state index in [-0.39, 0.29) is 63.7 Å². The summed E-state index contributed by atoms with van der Waals surface area (Å²) in [6, 6.07) is -3.83. The van der Waals surface area contributed by atoms with E-state index in [1.54, 1.807) is 0 Å². The molecule has 3 rings (SSSR count). The van der Waals surface area contributed by atoms with E-state index < -0.39 is 151 Å². The second-order valence-electron chi connectivity index (χ2n) is 15.9. The van der Waals surface area contributed by atoms with Crippen molar-refractivity contribution >= 4 is 50.7 Å². The molecule has 390 valence electrons. The molecule has 3 aliphatic heterocycles. The van der Waals surface area contributed by atoms with Crippen molar-refractivity contribution in [1.29, 1.82) is 0 Å². The van der Waals surface area contributed by atoms with Crippen LogP contribution in [0.5, 0.6) is 0 Å². The third-order valence-corrected chi connectivity index (χ3v) is 12.1. The highest BCUT2D eigenvalue weighted by atomic mass is 31.2. The number of carbonyl (C=O) groups is 6. The number of nitrogens with zero attached hydrogens (tertiary/aromatic N) is 1. The average Bonchev–Trinajstić information content (AvgIpc) is 3.58. The number of imide groups is 1. The Kier molecular flexibility index (Phi) is 24.6. The van der Waals surface area contributed by atoms with Gasteiger partial charge in [0, 0.05) is 38.1 Å². The number of carboxylic acid groups (broad SMARTS) is 1. The summed E-state index contributed by atoms with van der Waals surface area (Å²) in [5.74, 6) is -4.84. The summed E-state index contributed by atoms with van der Waals surface area (Å²) in [4.78, 5) is 112. The largest absolute Gasteiger partial charge is 0.480 e. The van der Waals surface area contributed by atoms with Gasteiger partial charge in [0.15, 0.2) is 18.6 Å². The molecule has 14 N–H and O–H groups in total. The van der Waals surface area contributed by atoms with E-state index in [1.165, 1.54) is 12.2 Å². The molecule has 0 spiro atoms. The Bertz CT molecular complexity index is 1780. The molecule has 3 aliphatic rings. The highest BCUT2D eigenvalue weighted by Crippen LogP contribution is 2.38. The molecule has 2 fully saturated rings. The van der Waals surface area contributed by atoms with Crippen LogP contribution in [0.3, 0.4) is 0 Å². The number of rotatable bonds is 31. The van der Waals surface area contributed by atoms with Gasteiger partial charge in [-0.2, -0.15) is 0 Å². The molecule has 68 heavy (non-hydrogen) atoms. The lowest BCUT2D eigenvalue weighted by molar-refractivity contribution is -0.298. The van der Waals surface area contributed by atoms with Gasteiger partial charge < -0.3 is 99.7 Å². The number of nitrogens with one attached hydrogen (secondary N) is 3. The summed E-state index contributed by atoms with van der Waals surface area (Å²) in [5.41, 5.74) is 0. The molecule has 12 atom stereocenters. The third-order valence-electron chi connectivity index (χ3n) is 10.5. The summed E-state index contributed by atoms with van der Waals surface area (Å²) in [6.45, 7) is -1.56. The lowest BCUT2D eigenvalue weighted by Crippen LogP contribution is -2.60. The van der Waals surface area contributed by atoms with Crippen molar-refractivity contribution in [2.75, 3.05) is 65.1 Å². The van der Waals surface area contributed by atoms with Crippen molar-refractivity contribution in [2.45, 2.75) is 118 Å². The van der Waals surface area contributed by atoms with Gasteiger partial charge >= 0.3 is 21.2 Å². The van der Waals surface area contributed by atoms with Crippen LogP contribution in [0.4, 0.5) is 0 Å². The van der Waals surface area contributed by atoms with Crippen LogP contribution in [0.15, 0.2) is 12.2 Å². The first-order chi connectivity index (χ1) is 31.9. The van der Waals surface area contributed by atoms with Crippen molar-refractivity contribution in [3.8, 4) is 0 Å². The Balaban J connectivity index is 1.51. The fraction of sp³-hybridized carbons (Fsp3) is 0.784. The van der Waals surface area contributed by atoms with E-state index in [1.807, 2.05) is 0 Å². The first-order valence-corrected chi connectivity index (χ1v) is 25.0. The molecule has 0 aromatic heterocycles. The molecule has 3 heterocycles. The number of aliphatic hydroxyl groups excluding tert-OH is 6. The summed E-state index contributed by atoms with van der Waals surface area (Å²) in [7, 11) is -9.23. The molecule has 0 aliphatic carbocycles. The van der Waals surface area contributed by atoms with Gasteiger partial charge in [-0.15, -0.1) is 0 Å². The van der Waals surface area contributed by atoms with Crippen LogP contribution in [-0.2, 0) is 66.3 Å². The Labute approximate surface area is 388 Å². The molecule has 0 aromatic rings. The van der Waals surface area contributed by atoms with E-state index in [0.29, 0.717) is 19.3 Å². The number of unbranched alkanes of at least 4 members (excludes halogenated alkanes) is 2. The topological polar surface area (TPSA) is 454 Å². The number of carbonyl (C=O) groups excluding carboxylic acids is 5. The van der Waals surface area contributed by atoms with Gasteiger partial charge in [0.2, 0.25) is 17.7 Å². The molecule has 0 radical (unpaired) electrons. The zero-order valence-corrected chi connectivity index (χ0v) is 38.4. The van der Waals surface area contributed by atoms with Crippen LogP contribution in [0.1, 0.15) is 44.9 Å². The minimum absolute atomic E-state index is 0.0137. The molecule has 5 amide bonds. The molecule has 2 saturated heterocycles. The van der Waals surface area contributed by atoms with E-state index >= 15 is 0 Å². The van der Waals surface area contributed by atoms with Gasteiger partial charge in [-0.3, -0.25) is 38.0 Å².